The largest absolute Gasteiger partial charge is 0.470 e. The van der Waals surface area contributed by atoms with Crippen LogP contribution in [-0.2, 0) is 13.0 Å². The summed E-state index contributed by atoms with van der Waals surface area (Å²) in [5.74, 6) is 0.545. The SMILES string of the molecule is Cc1cc2c(Cc3ccccc3)nnc(OCc3ccccc3)c2[nH]1. The number of aromatic amines is 1. The summed E-state index contributed by atoms with van der Waals surface area (Å²) in [5, 5.41) is 9.83. The van der Waals surface area contributed by atoms with Gasteiger partial charge in [0.2, 0.25) is 0 Å². The molecule has 25 heavy (non-hydrogen) atoms. The van der Waals surface area contributed by atoms with Gasteiger partial charge in [-0.25, -0.2) is 0 Å². The first kappa shape index (κ1) is 15.4. The van der Waals surface area contributed by atoms with Crippen LogP contribution >= 0.6 is 0 Å². The van der Waals surface area contributed by atoms with Crippen molar-refractivity contribution in [1.29, 1.82) is 0 Å². The van der Waals surface area contributed by atoms with E-state index in [0.29, 0.717) is 12.5 Å². The predicted octanol–water partition coefficient (Wildman–Crippen LogP) is 4.44. The predicted molar refractivity (Wildman–Crippen MR) is 98.6 cm³/mol. The molecule has 0 spiro atoms. The van der Waals surface area contributed by atoms with Crippen LogP contribution in [0.4, 0.5) is 0 Å². The van der Waals surface area contributed by atoms with E-state index in [4.69, 9.17) is 4.74 Å². The van der Waals surface area contributed by atoms with Crippen LogP contribution in [-0.4, -0.2) is 15.2 Å². The van der Waals surface area contributed by atoms with Gasteiger partial charge in [-0.05, 0) is 24.1 Å². The Labute approximate surface area is 146 Å². The van der Waals surface area contributed by atoms with Crippen molar-refractivity contribution in [3.8, 4) is 5.88 Å². The average molecular weight is 329 g/mol. The van der Waals surface area contributed by atoms with Crippen molar-refractivity contribution in [2.75, 3.05) is 0 Å². The van der Waals surface area contributed by atoms with E-state index in [9.17, 15) is 0 Å². The highest BCUT2D eigenvalue weighted by Gasteiger charge is 2.13. The summed E-state index contributed by atoms with van der Waals surface area (Å²) in [7, 11) is 0. The minimum Gasteiger partial charge on any atom is -0.470 e. The number of fused-ring (bicyclic) bond motifs is 1. The Morgan fingerprint density at radius 3 is 2.28 bits per heavy atom. The summed E-state index contributed by atoms with van der Waals surface area (Å²) in [6, 6.07) is 22.5. The molecule has 4 nitrogen and oxygen atoms in total. The number of nitrogens with zero attached hydrogens (tertiary/aromatic N) is 2. The van der Waals surface area contributed by atoms with Gasteiger partial charge < -0.3 is 9.72 Å². The zero-order chi connectivity index (χ0) is 17.1. The summed E-state index contributed by atoms with van der Waals surface area (Å²) >= 11 is 0. The molecule has 4 heteroatoms. The molecule has 1 N–H and O–H groups in total. The second-order valence-electron chi connectivity index (χ2n) is 6.13. The molecule has 4 aromatic rings. The Kier molecular flexibility index (Phi) is 4.17. The number of benzene rings is 2. The lowest BCUT2D eigenvalue weighted by atomic mass is 10.1. The highest BCUT2D eigenvalue weighted by atomic mass is 16.5. The molecule has 0 radical (unpaired) electrons. The van der Waals surface area contributed by atoms with Gasteiger partial charge in [-0.3, -0.25) is 0 Å². The minimum atomic E-state index is 0.473. The van der Waals surface area contributed by atoms with E-state index in [1.165, 1.54) is 5.56 Å². The van der Waals surface area contributed by atoms with Crippen molar-refractivity contribution in [3.63, 3.8) is 0 Å². The Hall–Kier alpha value is -3.14. The number of ether oxygens (including phenoxy) is 1. The van der Waals surface area contributed by atoms with Crippen molar-refractivity contribution in [1.82, 2.24) is 15.2 Å². The molecule has 2 aromatic carbocycles. The van der Waals surface area contributed by atoms with E-state index in [-0.39, 0.29) is 0 Å². The van der Waals surface area contributed by atoms with Gasteiger partial charge in [-0.15, -0.1) is 5.10 Å². The maximum atomic E-state index is 5.92. The fraction of sp³-hybridized carbons (Fsp3) is 0.143. The number of rotatable bonds is 5. The van der Waals surface area contributed by atoms with Crippen molar-refractivity contribution < 1.29 is 4.74 Å². The van der Waals surface area contributed by atoms with Gasteiger partial charge in [0.15, 0.2) is 0 Å². The van der Waals surface area contributed by atoms with Crippen LogP contribution in [0, 0.1) is 6.92 Å². The molecule has 0 bridgehead atoms. The van der Waals surface area contributed by atoms with Gasteiger partial charge in [0.25, 0.3) is 5.88 Å². The maximum Gasteiger partial charge on any atom is 0.258 e. The van der Waals surface area contributed by atoms with Crippen molar-refractivity contribution in [2.45, 2.75) is 20.0 Å². The number of nitrogens with one attached hydrogen (secondary N) is 1. The van der Waals surface area contributed by atoms with Crippen LogP contribution in [0.25, 0.3) is 10.9 Å². The van der Waals surface area contributed by atoms with Crippen LogP contribution in [0.2, 0.25) is 0 Å². The van der Waals surface area contributed by atoms with Gasteiger partial charge in [0, 0.05) is 17.5 Å². The third-order valence-corrected chi connectivity index (χ3v) is 4.17. The first-order chi connectivity index (χ1) is 12.3. The van der Waals surface area contributed by atoms with Crippen LogP contribution in [0.3, 0.4) is 0 Å². The molecule has 0 aliphatic heterocycles. The molecule has 0 aliphatic carbocycles. The van der Waals surface area contributed by atoms with E-state index in [1.807, 2.05) is 55.5 Å². The van der Waals surface area contributed by atoms with E-state index in [0.717, 1.165) is 34.3 Å². The monoisotopic (exact) mass is 329 g/mol. The van der Waals surface area contributed by atoms with Gasteiger partial charge in [0.05, 0.1) is 5.69 Å². The second kappa shape index (κ2) is 6.77. The lowest BCUT2D eigenvalue weighted by Crippen LogP contribution is -2.02. The van der Waals surface area contributed by atoms with Crippen molar-refractivity contribution in [2.24, 2.45) is 0 Å². The van der Waals surface area contributed by atoms with E-state index < -0.39 is 0 Å². The van der Waals surface area contributed by atoms with Crippen LogP contribution in [0.15, 0.2) is 66.7 Å². The first-order valence-corrected chi connectivity index (χ1v) is 8.35. The third-order valence-electron chi connectivity index (χ3n) is 4.17. The second-order valence-corrected chi connectivity index (χ2v) is 6.13. The lowest BCUT2D eigenvalue weighted by molar-refractivity contribution is 0.293. The van der Waals surface area contributed by atoms with Crippen LogP contribution in [0.5, 0.6) is 5.88 Å². The zero-order valence-electron chi connectivity index (χ0n) is 14.1. The first-order valence-electron chi connectivity index (χ1n) is 8.35. The smallest absolute Gasteiger partial charge is 0.258 e. The molecular weight excluding hydrogens is 310 g/mol. The molecule has 0 unspecified atom stereocenters. The fourth-order valence-electron chi connectivity index (χ4n) is 2.94. The highest BCUT2D eigenvalue weighted by Crippen LogP contribution is 2.27. The van der Waals surface area contributed by atoms with Crippen LogP contribution in [0.1, 0.15) is 22.5 Å². The molecule has 0 saturated carbocycles. The molecule has 0 atom stereocenters. The molecular formula is C21H19N3O. The quantitative estimate of drug-likeness (QED) is 0.589. The van der Waals surface area contributed by atoms with Crippen molar-refractivity contribution >= 4 is 10.9 Å². The summed E-state index contributed by atoms with van der Waals surface area (Å²) < 4.78 is 5.92. The number of aromatic nitrogens is 3. The number of aryl methyl sites for hydroxylation is 1. The van der Waals surface area contributed by atoms with Gasteiger partial charge in [-0.2, -0.15) is 5.10 Å². The standard InChI is InChI=1S/C21H19N3O/c1-15-12-18-19(13-16-8-4-2-5-9-16)23-24-21(20(18)22-15)25-14-17-10-6-3-7-11-17/h2-12,22H,13-14H2,1H3. The topological polar surface area (TPSA) is 50.8 Å². The summed E-state index contributed by atoms with van der Waals surface area (Å²) in [6.45, 7) is 2.51. The van der Waals surface area contributed by atoms with Crippen LogP contribution < -0.4 is 4.74 Å². The lowest BCUT2D eigenvalue weighted by Gasteiger charge is -2.08. The van der Waals surface area contributed by atoms with Crippen molar-refractivity contribution in [3.05, 3.63) is 89.2 Å². The number of H-pyrrole nitrogens is 1. The Morgan fingerprint density at radius 1 is 0.880 bits per heavy atom. The van der Waals surface area contributed by atoms with E-state index in [2.05, 4.69) is 33.4 Å². The maximum absolute atomic E-state index is 5.92. The van der Waals surface area contributed by atoms with E-state index >= 15 is 0 Å². The molecule has 0 fully saturated rings. The summed E-state index contributed by atoms with van der Waals surface area (Å²) in [5.41, 5.74) is 5.26. The van der Waals surface area contributed by atoms with Gasteiger partial charge in [-0.1, -0.05) is 60.7 Å². The fourth-order valence-corrected chi connectivity index (χ4v) is 2.94. The third kappa shape index (κ3) is 3.38. The number of hydrogen-bond donors (Lipinski definition) is 1. The molecule has 0 aliphatic rings. The Balaban J connectivity index is 1.64. The van der Waals surface area contributed by atoms with Gasteiger partial charge in [0.1, 0.15) is 12.1 Å². The van der Waals surface area contributed by atoms with E-state index in [1.54, 1.807) is 0 Å². The Bertz CT molecular complexity index is 978. The minimum absolute atomic E-state index is 0.473. The highest BCUT2D eigenvalue weighted by molar-refractivity contribution is 5.86. The summed E-state index contributed by atoms with van der Waals surface area (Å²) in [6.07, 6.45) is 0.751. The molecule has 124 valence electrons. The average Bonchev–Trinajstić information content (AvgIpc) is 3.05. The Morgan fingerprint density at radius 2 is 1.56 bits per heavy atom. The molecule has 0 amide bonds. The zero-order valence-corrected chi connectivity index (χ0v) is 14.1. The molecule has 2 heterocycles. The summed E-state index contributed by atoms with van der Waals surface area (Å²) in [4.78, 5) is 3.36. The number of hydrogen-bond acceptors (Lipinski definition) is 3. The van der Waals surface area contributed by atoms with Gasteiger partial charge >= 0.3 is 0 Å². The molecule has 2 aromatic heterocycles. The molecule has 4 rings (SSSR count). The normalized spacial score (nSPS) is 10.9. The molecule has 0 saturated heterocycles.